The Balaban J connectivity index is 2.17. The molecule has 0 heteroatoms. The molecule has 0 heterocycles. The summed E-state index contributed by atoms with van der Waals surface area (Å²) in [6.07, 6.45) is 19.6. The number of allylic oxidation sites excluding steroid dienone is 12. The molecule has 0 aliphatic heterocycles. The summed E-state index contributed by atoms with van der Waals surface area (Å²) in [5.74, 6) is 0.530. The second-order valence-electron chi connectivity index (χ2n) is 3.49. The number of rotatable bonds is 0. The Morgan fingerprint density at radius 3 is 2.92 bits per heavy atom. The lowest BCUT2D eigenvalue weighted by Gasteiger charge is -2.06. The minimum atomic E-state index is 0.530. The fraction of sp³-hybridized carbons (Fsp3) is 0.0769. The molecule has 0 fully saturated rings. The molecule has 0 aromatic rings. The number of hydrogen-bond donors (Lipinski definition) is 0. The Kier molecular flexibility index (Phi) is 1.31. The molecule has 0 saturated heterocycles. The second kappa shape index (κ2) is 2.46. The van der Waals surface area contributed by atoms with Crippen LogP contribution in [0.5, 0.6) is 0 Å². The Hall–Kier alpha value is -1.56. The van der Waals surface area contributed by atoms with E-state index in [2.05, 4.69) is 54.7 Å². The first kappa shape index (κ1) is 6.90. The summed E-state index contributed by atoms with van der Waals surface area (Å²) in [7, 11) is 0. The van der Waals surface area contributed by atoms with Crippen LogP contribution in [0.2, 0.25) is 0 Å². The lowest BCUT2D eigenvalue weighted by Crippen LogP contribution is -1.93. The average molecular weight is 166 g/mol. The molecule has 0 saturated carbocycles. The van der Waals surface area contributed by atoms with Crippen LogP contribution in [-0.4, -0.2) is 0 Å². The first-order chi connectivity index (χ1) is 6.45. The largest absolute Gasteiger partial charge is 0.0726 e. The maximum absolute atomic E-state index is 2.28. The maximum atomic E-state index is 2.28. The summed E-state index contributed by atoms with van der Waals surface area (Å²) in [5.41, 5.74) is 4.23. The third-order valence-electron chi connectivity index (χ3n) is 2.72. The summed E-state index contributed by atoms with van der Waals surface area (Å²) in [6, 6.07) is 0. The standard InChI is InChI=1S/C13H10/c1-2-5-10-9-11-6-4-8-13(11)12(10)7-3-1/h1-9,13H. The highest BCUT2D eigenvalue weighted by molar-refractivity contribution is 5.62. The second-order valence-corrected chi connectivity index (χ2v) is 3.49. The molecule has 0 nitrogen and oxygen atoms in total. The van der Waals surface area contributed by atoms with E-state index < -0.39 is 0 Å². The van der Waals surface area contributed by atoms with Crippen molar-refractivity contribution >= 4 is 0 Å². The topological polar surface area (TPSA) is 0 Å². The van der Waals surface area contributed by atoms with Crippen LogP contribution in [0, 0.1) is 5.92 Å². The van der Waals surface area contributed by atoms with Crippen LogP contribution in [0.1, 0.15) is 0 Å². The summed E-state index contributed by atoms with van der Waals surface area (Å²) in [6.45, 7) is 0. The average Bonchev–Trinajstić information content (AvgIpc) is 2.61. The van der Waals surface area contributed by atoms with Crippen molar-refractivity contribution in [3.63, 3.8) is 0 Å². The quantitative estimate of drug-likeness (QED) is 0.518. The van der Waals surface area contributed by atoms with E-state index in [4.69, 9.17) is 0 Å². The van der Waals surface area contributed by atoms with Crippen molar-refractivity contribution in [3.8, 4) is 0 Å². The van der Waals surface area contributed by atoms with E-state index in [9.17, 15) is 0 Å². The van der Waals surface area contributed by atoms with Crippen LogP contribution in [0.25, 0.3) is 0 Å². The highest BCUT2D eigenvalue weighted by atomic mass is 14.3. The zero-order chi connectivity index (χ0) is 8.67. The molecule has 3 rings (SSSR count). The van der Waals surface area contributed by atoms with Gasteiger partial charge in [-0.05, 0) is 16.7 Å². The minimum Gasteiger partial charge on any atom is -0.0726 e. The molecule has 0 aromatic carbocycles. The van der Waals surface area contributed by atoms with Gasteiger partial charge in [0.25, 0.3) is 0 Å². The Bertz CT molecular complexity index is 423. The SMILES string of the molecule is C1=CC=C2C(=CC3=CC=CC32)C=C1. The summed E-state index contributed by atoms with van der Waals surface area (Å²) >= 11 is 0. The molecular formula is C13H10. The molecule has 0 spiro atoms. The molecule has 0 amide bonds. The van der Waals surface area contributed by atoms with E-state index in [1.54, 1.807) is 0 Å². The van der Waals surface area contributed by atoms with Crippen molar-refractivity contribution < 1.29 is 0 Å². The van der Waals surface area contributed by atoms with Crippen molar-refractivity contribution in [2.24, 2.45) is 5.92 Å². The Morgan fingerprint density at radius 1 is 0.923 bits per heavy atom. The van der Waals surface area contributed by atoms with Crippen LogP contribution in [0.3, 0.4) is 0 Å². The van der Waals surface area contributed by atoms with Crippen LogP contribution in [0.15, 0.2) is 71.4 Å². The predicted octanol–water partition coefficient (Wildman–Crippen LogP) is 3.09. The molecule has 62 valence electrons. The highest BCUT2D eigenvalue weighted by Gasteiger charge is 2.25. The molecule has 0 N–H and O–H groups in total. The fourth-order valence-corrected chi connectivity index (χ4v) is 2.08. The van der Waals surface area contributed by atoms with Gasteiger partial charge < -0.3 is 0 Å². The summed E-state index contributed by atoms with van der Waals surface area (Å²) in [4.78, 5) is 0. The van der Waals surface area contributed by atoms with Gasteiger partial charge in [-0.1, -0.05) is 54.7 Å². The first-order valence-electron chi connectivity index (χ1n) is 4.60. The van der Waals surface area contributed by atoms with E-state index in [0.29, 0.717) is 5.92 Å². The fourth-order valence-electron chi connectivity index (χ4n) is 2.08. The molecule has 0 bridgehead atoms. The van der Waals surface area contributed by atoms with E-state index in [0.717, 1.165) is 0 Å². The molecule has 0 radical (unpaired) electrons. The van der Waals surface area contributed by atoms with Crippen LogP contribution in [0.4, 0.5) is 0 Å². The predicted molar refractivity (Wildman–Crippen MR) is 55.2 cm³/mol. The van der Waals surface area contributed by atoms with Crippen molar-refractivity contribution in [2.45, 2.75) is 0 Å². The molecular weight excluding hydrogens is 156 g/mol. The van der Waals surface area contributed by atoms with E-state index in [1.165, 1.54) is 16.7 Å². The molecule has 0 aromatic heterocycles. The van der Waals surface area contributed by atoms with Crippen molar-refractivity contribution in [1.82, 2.24) is 0 Å². The first-order valence-corrected chi connectivity index (χ1v) is 4.60. The van der Waals surface area contributed by atoms with Gasteiger partial charge in [0.2, 0.25) is 0 Å². The van der Waals surface area contributed by atoms with Crippen LogP contribution < -0.4 is 0 Å². The Labute approximate surface area is 78.0 Å². The number of hydrogen-bond acceptors (Lipinski definition) is 0. The molecule has 1 atom stereocenters. The van der Waals surface area contributed by atoms with Crippen molar-refractivity contribution in [3.05, 3.63) is 71.4 Å². The normalized spacial score (nSPS) is 27.7. The lowest BCUT2D eigenvalue weighted by molar-refractivity contribution is 1.00. The molecule has 3 aliphatic rings. The van der Waals surface area contributed by atoms with Gasteiger partial charge in [-0.3, -0.25) is 0 Å². The maximum Gasteiger partial charge on any atom is 0.0278 e. The van der Waals surface area contributed by atoms with Gasteiger partial charge in [-0.2, -0.15) is 0 Å². The number of fused-ring (bicyclic) bond motifs is 3. The van der Waals surface area contributed by atoms with Gasteiger partial charge in [0.05, 0.1) is 0 Å². The molecule has 1 unspecified atom stereocenters. The van der Waals surface area contributed by atoms with Crippen LogP contribution >= 0.6 is 0 Å². The van der Waals surface area contributed by atoms with E-state index >= 15 is 0 Å². The van der Waals surface area contributed by atoms with Gasteiger partial charge in [0.15, 0.2) is 0 Å². The lowest BCUT2D eigenvalue weighted by atomic mass is 9.97. The third kappa shape index (κ3) is 0.919. The van der Waals surface area contributed by atoms with Gasteiger partial charge in [-0.15, -0.1) is 0 Å². The van der Waals surface area contributed by atoms with Crippen molar-refractivity contribution in [1.29, 1.82) is 0 Å². The smallest absolute Gasteiger partial charge is 0.0278 e. The van der Waals surface area contributed by atoms with E-state index in [-0.39, 0.29) is 0 Å². The monoisotopic (exact) mass is 166 g/mol. The van der Waals surface area contributed by atoms with Gasteiger partial charge in [0, 0.05) is 5.92 Å². The zero-order valence-electron chi connectivity index (χ0n) is 7.27. The summed E-state index contributed by atoms with van der Waals surface area (Å²) < 4.78 is 0. The van der Waals surface area contributed by atoms with Gasteiger partial charge in [-0.25, -0.2) is 0 Å². The van der Waals surface area contributed by atoms with Crippen LogP contribution in [-0.2, 0) is 0 Å². The molecule has 13 heavy (non-hydrogen) atoms. The van der Waals surface area contributed by atoms with E-state index in [1.807, 2.05) is 0 Å². The van der Waals surface area contributed by atoms with Gasteiger partial charge >= 0.3 is 0 Å². The molecule has 3 aliphatic carbocycles. The van der Waals surface area contributed by atoms with Gasteiger partial charge in [0.1, 0.15) is 0 Å². The summed E-state index contributed by atoms with van der Waals surface area (Å²) in [5, 5.41) is 0. The van der Waals surface area contributed by atoms with Crippen molar-refractivity contribution in [2.75, 3.05) is 0 Å². The Morgan fingerprint density at radius 2 is 1.92 bits per heavy atom. The zero-order valence-corrected chi connectivity index (χ0v) is 7.27. The highest BCUT2D eigenvalue weighted by Crippen LogP contribution is 2.40. The third-order valence-corrected chi connectivity index (χ3v) is 2.72. The minimum absolute atomic E-state index is 0.530.